The van der Waals surface area contributed by atoms with Gasteiger partial charge in [-0.2, -0.15) is 0 Å². The van der Waals surface area contributed by atoms with Crippen molar-refractivity contribution in [3.8, 4) is 0 Å². The van der Waals surface area contributed by atoms with Gasteiger partial charge in [0, 0.05) is 5.92 Å². The fraction of sp³-hybridized carbons (Fsp3) is 0.889. The molecule has 5 heteroatoms. The van der Waals surface area contributed by atoms with Gasteiger partial charge < -0.3 is 21.1 Å². The lowest BCUT2D eigenvalue weighted by Gasteiger charge is -2.28. The van der Waals surface area contributed by atoms with Gasteiger partial charge in [0.05, 0.1) is 0 Å². The highest BCUT2D eigenvalue weighted by atomic mass is 16.5. The van der Waals surface area contributed by atoms with Crippen molar-refractivity contribution in [1.82, 2.24) is 0 Å². The van der Waals surface area contributed by atoms with Crippen molar-refractivity contribution in [2.45, 2.75) is 25.2 Å². The molecule has 0 aromatic carbocycles. The number of aliphatic carboxylic acids is 1. The minimum absolute atomic E-state index is 0.0751. The van der Waals surface area contributed by atoms with Crippen LogP contribution in [0.2, 0.25) is 0 Å². The number of nitrogens with two attached hydrogens (primary N) is 1. The summed E-state index contributed by atoms with van der Waals surface area (Å²) in [5.41, 5.74) is 4.57. The van der Waals surface area contributed by atoms with Gasteiger partial charge in [0.25, 0.3) is 0 Å². The van der Waals surface area contributed by atoms with E-state index in [0.29, 0.717) is 6.42 Å². The molecule has 5 atom stereocenters. The van der Waals surface area contributed by atoms with E-state index in [0.717, 1.165) is 0 Å². The molecule has 0 heterocycles. The normalized spacial score (nSPS) is 50.6. The van der Waals surface area contributed by atoms with E-state index in [2.05, 4.69) is 0 Å². The molecule has 2 rings (SSSR count). The summed E-state index contributed by atoms with van der Waals surface area (Å²) in [5, 5.41) is 27.1. The van der Waals surface area contributed by atoms with Gasteiger partial charge in [-0.3, -0.25) is 4.79 Å². The molecule has 0 bridgehead atoms. The summed E-state index contributed by atoms with van der Waals surface area (Å²) in [7, 11) is 0. The van der Waals surface area contributed by atoms with Gasteiger partial charge in [-0.15, -0.1) is 0 Å². The third-order valence-corrected chi connectivity index (χ3v) is 3.94. The van der Waals surface area contributed by atoms with Crippen LogP contribution in [0.5, 0.6) is 0 Å². The number of fused-ring (bicyclic) bond motifs is 1. The Balaban J connectivity index is 2.22. The minimum Gasteiger partial charge on any atom is -0.480 e. The van der Waals surface area contributed by atoms with Crippen LogP contribution in [0, 0.1) is 23.7 Å². The van der Waals surface area contributed by atoms with Crippen LogP contribution in [0.25, 0.3) is 0 Å². The van der Waals surface area contributed by atoms with Crippen molar-refractivity contribution in [2.24, 2.45) is 29.4 Å². The number of carboxylic acid groups (broad SMARTS) is 1. The van der Waals surface area contributed by atoms with Gasteiger partial charge in [-0.05, 0) is 24.2 Å². The van der Waals surface area contributed by atoms with E-state index in [1.807, 2.05) is 0 Å². The van der Waals surface area contributed by atoms with E-state index in [4.69, 9.17) is 21.1 Å². The Bertz CT molecular complexity index is 280. The molecule has 2 saturated carbocycles. The molecule has 80 valence electrons. The van der Waals surface area contributed by atoms with E-state index in [9.17, 15) is 4.79 Å². The highest BCUT2D eigenvalue weighted by molar-refractivity contribution is 5.81. The summed E-state index contributed by atoms with van der Waals surface area (Å²) in [5.74, 6) is -1.65. The van der Waals surface area contributed by atoms with Crippen LogP contribution >= 0.6 is 0 Å². The Hall–Kier alpha value is -0.650. The second kappa shape index (κ2) is 2.68. The Labute approximate surface area is 81.5 Å². The predicted molar refractivity (Wildman–Crippen MR) is 47.0 cm³/mol. The number of hydrogen-bond donors (Lipinski definition) is 4. The van der Waals surface area contributed by atoms with Crippen molar-refractivity contribution in [2.75, 3.05) is 0 Å². The average Bonchev–Trinajstić information content (AvgIpc) is 2.70. The first-order chi connectivity index (χ1) is 6.40. The first kappa shape index (κ1) is 9.89. The fourth-order valence-corrected chi connectivity index (χ4v) is 3.07. The molecule has 2 aliphatic carbocycles. The zero-order chi connectivity index (χ0) is 10.7. The molecule has 0 aromatic rings. The molecule has 2 aliphatic rings. The minimum atomic E-state index is -1.43. The number of aliphatic hydroxyl groups is 2. The summed E-state index contributed by atoms with van der Waals surface area (Å²) < 4.78 is 0. The zero-order valence-corrected chi connectivity index (χ0v) is 7.92. The summed E-state index contributed by atoms with van der Waals surface area (Å²) in [6.45, 7) is 1.81. The SMILES string of the molecule is C[C@@H]1CC2C(C(O)O)C2C1(N)C(=O)O. The van der Waals surface area contributed by atoms with Gasteiger partial charge in [0.15, 0.2) is 6.29 Å². The topological polar surface area (TPSA) is 104 Å². The first-order valence-electron chi connectivity index (χ1n) is 4.79. The Kier molecular flexibility index (Phi) is 1.90. The molecular weight excluding hydrogens is 186 g/mol. The Morgan fingerprint density at radius 3 is 2.57 bits per heavy atom. The van der Waals surface area contributed by atoms with Gasteiger partial charge in [0.1, 0.15) is 5.54 Å². The summed E-state index contributed by atoms with van der Waals surface area (Å²) in [6, 6.07) is 0. The highest BCUT2D eigenvalue weighted by Crippen LogP contribution is 2.64. The van der Waals surface area contributed by atoms with Crippen LogP contribution in [0.3, 0.4) is 0 Å². The van der Waals surface area contributed by atoms with Crippen LogP contribution < -0.4 is 5.73 Å². The van der Waals surface area contributed by atoms with Crippen LogP contribution in [0.4, 0.5) is 0 Å². The molecule has 0 amide bonds. The molecule has 2 fully saturated rings. The van der Waals surface area contributed by atoms with Crippen LogP contribution in [0.1, 0.15) is 13.3 Å². The summed E-state index contributed by atoms with van der Waals surface area (Å²) >= 11 is 0. The lowest BCUT2D eigenvalue weighted by atomic mass is 9.83. The lowest BCUT2D eigenvalue weighted by molar-refractivity contribution is -0.147. The molecule has 5 N–H and O–H groups in total. The van der Waals surface area contributed by atoms with E-state index in [1.54, 1.807) is 6.92 Å². The molecule has 0 aliphatic heterocycles. The van der Waals surface area contributed by atoms with Crippen LogP contribution in [-0.2, 0) is 4.79 Å². The Morgan fingerprint density at radius 1 is 1.57 bits per heavy atom. The third kappa shape index (κ3) is 0.973. The predicted octanol–water partition coefficient (Wildman–Crippen LogP) is -1.02. The lowest BCUT2D eigenvalue weighted by Crippen LogP contribution is -2.54. The fourth-order valence-electron chi connectivity index (χ4n) is 3.07. The maximum absolute atomic E-state index is 11.1. The molecule has 14 heavy (non-hydrogen) atoms. The molecule has 0 aromatic heterocycles. The number of rotatable bonds is 2. The monoisotopic (exact) mass is 201 g/mol. The molecular formula is C9H15NO4. The maximum Gasteiger partial charge on any atom is 0.324 e. The van der Waals surface area contributed by atoms with Crippen LogP contribution in [0.15, 0.2) is 0 Å². The van der Waals surface area contributed by atoms with Gasteiger partial charge in [-0.1, -0.05) is 6.92 Å². The highest BCUT2D eigenvalue weighted by Gasteiger charge is 2.71. The van der Waals surface area contributed by atoms with Crippen molar-refractivity contribution >= 4 is 5.97 Å². The van der Waals surface area contributed by atoms with Gasteiger partial charge >= 0.3 is 5.97 Å². The van der Waals surface area contributed by atoms with Crippen molar-refractivity contribution in [3.63, 3.8) is 0 Å². The standard InChI is InChI=1S/C9H15NO4/c1-3-2-4-5(7(11)12)6(4)9(3,10)8(13)14/h3-7,11-12H,2,10H2,1H3,(H,13,14)/t3-,4?,5?,6?,9?/m1/s1. The smallest absolute Gasteiger partial charge is 0.324 e. The van der Waals surface area contributed by atoms with Crippen molar-refractivity contribution in [3.05, 3.63) is 0 Å². The maximum atomic E-state index is 11.1. The van der Waals surface area contributed by atoms with Gasteiger partial charge in [-0.25, -0.2) is 0 Å². The van der Waals surface area contributed by atoms with Crippen molar-refractivity contribution in [1.29, 1.82) is 0 Å². The number of carbonyl (C=O) groups is 1. The summed E-state index contributed by atoms with van der Waals surface area (Å²) in [4.78, 5) is 11.1. The van der Waals surface area contributed by atoms with Crippen molar-refractivity contribution < 1.29 is 20.1 Å². The van der Waals surface area contributed by atoms with Crippen LogP contribution in [-0.4, -0.2) is 33.1 Å². The van der Waals surface area contributed by atoms with E-state index < -0.39 is 17.8 Å². The second-order valence-corrected chi connectivity index (χ2v) is 4.56. The third-order valence-electron chi connectivity index (χ3n) is 3.94. The molecule has 0 spiro atoms. The number of aliphatic hydroxyl groups excluding tert-OH is 1. The number of carboxylic acids is 1. The summed E-state index contributed by atoms with van der Waals surface area (Å²) in [6.07, 6.45) is -0.754. The van der Waals surface area contributed by atoms with E-state index in [1.165, 1.54) is 0 Å². The molecule has 4 unspecified atom stereocenters. The quantitative estimate of drug-likeness (QED) is 0.428. The second-order valence-electron chi connectivity index (χ2n) is 4.56. The largest absolute Gasteiger partial charge is 0.480 e. The van der Waals surface area contributed by atoms with E-state index >= 15 is 0 Å². The number of hydrogen-bond acceptors (Lipinski definition) is 4. The Morgan fingerprint density at radius 2 is 2.14 bits per heavy atom. The van der Waals surface area contributed by atoms with E-state index in [-0.39, 0.29) is 23.7 Å². The molecule has 5 nitrogen and oxygen atoms in total. The molecule has 0 radical (unpaired) electrons. The average molecular weight is 201 g/mol. The molecule has 0 saturated heterocycles. The first-order valence-corrected chi connectivity index (χ1v) is 4.79. The zero-order valence-electron chi connectivity index (χ0n) is 7.92. The van der Waals surface area contributed by atoms with Gasteiger partial charge in [0.2, 0.25) is 0 Å².